The second-order valence-electron chi connectivity index (χ2n) is 6.10. The van der Waals surface area contributed by atoms with Gasteiger partial charge in [0, 0.05) is 12.8 Å². The molecule has 0 amide bonds. The van der Waals surface area contributed by atoms with Crippen LogP contribution in [0.3, 0.4) is 0 Å². The minimum Gasteiger partial charge on any atom is -0.497 e. The molecule has 24 heavy (non-hydrogen) atoms. The predicted molar refractivity (Wildman–Crippen MR) is 92.6 cm³/mol. The molecule has 0 saturated heterocycles. The average molecular weight is 336 g/mol. The van der Waals surface area contributed by atoms with Crippen LogP contribution in [0.2, 0.25) is 0 Å². The Morgan fingerprint density at radius 1 is 0.792 bits per heavy atom. The van der Waals surface area contributed by atoms with E-state index in [2.05, 4.69) is 6.07 Å². The van der Waals surface area contributed by atoms with Gasteiger partial charge in [0.15, 0.2) is 0 Å². The summed E-state index contributed by atoms with van der Waals surface area (Å²) in [5.41, 5.74) is 2.43. The first-order valence-corrected chi connectivity index (χ1v) is 8.61. The average Bonchev–Trinajstić information content (AvgIpc) is 2.53. The van der Waals surface area contributed by atoms with Crippen molar-refractivity contribution in [2.24, 2.45) is 0 Å². The number of methoxy groups -OCH3 is 1. The molecule has 2 N–H and O–H groups in total. The van der Waals surface area contributed by atoms with Crippen molar-refractivity contribution < 1.29 is 24.5 Å². The third-order valence-corrected chi connectivity index (χ3v) is 3.97. The summed E-state index contributed by atoms with van der Waals surface area (Å²) < 4.78 is 5.36. The predicted octanol–water partition coefficient (Wildman–Crippen LogP) is 4.07. The van der Waals surface area contributed by atoms with E-state index in [1.165, 1.54) is 11.1 Å². The van der Waals surface area contributed by atoms with Crippen LogP contribution in [0.5, 0.6) is 5.75 Å². The number of carbonyl (C=O) groups is 2. The molecule has 0 saturated carbocycles. The molecule has 0 unspecified atom stereocenters. The summed E-state index contributed by atoms with van der Waals surface area (Å²) in [6, 6.07) is 6.24. The molecule has 0 atom stereocenters. The Kier molecular flexibility index (Phi) is 9.58. The Bertz CT molecular complexity index is 482. The van der Waals surface area contributed by atoms with Gasteiger partial charge in [0.2, 0.25) is 0 Å². The number of benzene rings is 1. The molecule has 1 rings (SSSR count). The highest BCUT2D eigenvalue weighted by molar-refractivity contribution is 5.66. The van der Waals surface area contributed by atoms with Gasteiger partial charge in [0.05, 0.1) is 7.11 Å². The van der Waals surface area contributed by atoms with E-state index < -0.39 is 11.9 Å². The standard InChI is InChI=1S/C19H28O5/c1-24-17-13-15(8-4-2-6-10-18(20)21)12-16(14-17)9-5-3-7-11-19(22)23/h12-14H,2-11H2,1H3,(H,20,21)(H,22,23). The van der Waals surface area contributed by atoms with Crippen molar-refractivity contribution in [3.8, 4) is 5.75 Å². The maximum Gasteiger partial charge on any atom is 0.303 e. The minimum absolute atomic E-state index is 0.236. The fourth-order valence-corrected chi connectivity index (χ4v) is 2.70. The van der Waals surface area contributed by atoms with E-state index in [0.717, 1.165) is 57.1 Å². The van der Waals surface area contributed by atoms with E-state index in [0.29, 0.717) is 0 Å². The number of aliphatic carboxylic acids is 2. The van der Waals surface area contributed by atoms with E-state index in [1.807, 2.05) is 12.1 Å². The van der Waals surface area contributed by atoms with Gasteiger partial charge in [0.1, 0.15) is 5.75 Å². The topological polar surface area (TPSA) is 83.8 Å². The number of hydrogen-bond acceptors (Lipinski definition) is 3. The van der Waals surface area contributed by atoms with Crippen LogP contribution < -0.4 is 4.74 Å². The SMILES string of the molecule is COc1cc(CCCCCC(=O)O)cc(CCCCCC(=O)O)c1. The minimum atomic E-state index is -0.735. The molecule has 0 bridgehead atoms. The first-order chi connectivity index (χ1) is 11.5. The van der Waals surface area contributed by atoms with Crippen molar-refractivity contribution in [3.63, 3.8) is 0 Å². The summed E-state index contributed by atoms with van der Waals surface area (Å²) in [7, 11) is 1.66. The Morgan fingerprint density at radius 2 is 1.25 bits per heavy atom. The van der Waals surface area contributed by atoms with E-state index in [1.54, 1.807) is 7.11 Å². The zero-order valence-electron chi connectivity index (χ0n) is 14.4. The lowest BCUT2D eigenvalue weighted by molar-refractivity contribution is -0.138. The second-order valence-corrected chi connectivity index (χ2v) is 6.10. The van der Waals surface area contributed by atoms with Crippen LogP contribution in [0.25, 0.3) is 0 Å². The molecule has 1 aromatic rings. The quantitative estimate of drug-likeness (QED) is 0.530. The highest BCUT2D eigenvalue weighted by Gasteiger charge is 2.04. The summed E-state index contributed by atoms with van der Waals surface area (Å²) in [5, 5.41) is 17.3. The highest BCUT2D eigenvalue weighted by atomic mass is 16.5. The van der Waals surface area contributed by atoms with Crippen LogP contribution in [0.1, 0.15) is 62.5 Å². The van der Waals surface area contributed by atoms with Gasteiger partial charge in [-0.2, -0.15) is 0 Å². The summed E-state index contributed by atoms with van der Waals surface area (Å²) in [6.07, 6.45) is 7.51. The Labute approximate surface area is 143 Å². The van der Waals surface area contributed by atoms with Crippen LogP contribution >= 0.6 is 0 Å². The smallest absolute Gasteiger partial charge is 0.303 e. The number of carboxylic acid groups (broad SMARTS) is 2. The van der Waals surface area contributed by atoms with Crippen molar-refractivity contribution >= 4 is 11.9 Å². The molecular formula is C19H28O5. The molecule has 0 radical (unpaired) electrons. The van der Waals surface area contributed by atoms with Crippen LogP contribution in [0, 0.1) is 0 Å². The summed E-state index contributed by atoms with van der Waals surface area (Å²) >= 11 is 0. The lowest BCUT2D eigenvalue weighted by Crippen LogP contribution is -1.96. The third kappa shape index (κ3) is 9.18. The fraction of sp³-hybridized carbons (Fsp3) is 0.579. The van der Waals surface area contributed by atoms with Gasteiger partial charge >= 0.3 is 11.9 Å². The molecule has 0 spiro atoms. The molecule has 5 heteroatoms. The number of aryl methyl sites for hydroxylation is 2. The zero-order chi connectivity index (χ0) is 17.8. The van der Waals surface area contributed by atoms with Crippen molar-refractivity contribution in [1.29, 1.82) is 0 Å². The van der Waals surface area contributed by atoms with Gasteiger partial charge < -0.3 is 14.9 Å². The molecule has 5 nitrogen and oxygen atoms in total. The van der Waals surface area contributed by atoms with E-state index >= 15 is 0 Å². The van der Waals surface area contributed by atoms with Gasteiger partial charge in [-0.1, -0.05) is 18.9 Å². The van der Waals surface area contributed by atoms with Gasteiger partial charge in [-0.3, -0.25) is 9.59 Å². The van der Waals surface area contributed by atoms with Crippen LogP contribution in [0.15, 0.2) is 18.2 Å². The van der Waals surface area contributed by atoms with Crippen molar-refractivity contribution in [3.05, 3.63) is 29.3 Å². The molecule has 134 valence electrons. The molecule has 1 aromatic carbocycles. The molecule has 0 aliphatic heterocycles. The maximum absolute atomic E-state index is 10.5. The van der Waals surface area contributed by atoms with Gasteiger partial charge in [-0.15, -0.1) is 0 Å². The lowest BCUT2D eigenvalue weighted by atomic mass is 10.00. The number of rotatable bonds is 13. The highest BCUT2D eigenvalue weighted by Crippen LogP contribution is 2.21. The number of ether oxygens (including phenoxy) is 1. The monoisotopic (exact) mass is 336 g/mol. The van der Waals surface area contributed by atoms with Crippen LogP contribution in [0.4, 0.5) is 0 Å². The Balaban J connectivity index is 2.42. The summed E-state index contributed by atoms with van der Waals surface area (Å²) in [6.45, 7) is 0. The number of unbranched alkanes of at least 4 members (excludes halogenated alkanes) is 4. The van der Waals surface area contributed by atoms with E-state index in [4.69, 9.17) is 14.9 Å². The maximum atomic E-state index is 10.5. The van der Waals surface area contributed by atoms with Gasteiger partial charge in [-0.05, 0) is 61.8 Å². The van der Waals surface area contributed by atoms with Crippen molar-refractivity contribution in [1.82, 2.24) is 0 Å². The van der Waals surface area contributed by atoms with Crippen molar-refractivity contribution in [2.75, 3.05) is 7.11 Å². The summed E-state index contributed by atoms with van der Waals surface area (Å²) in [5.74, 6) is -0.623. The largest absolute Gasteiger partial charge is 0.497 e. The number of carboxylic acids is 2. The fourth-order valence-electron chi connectivity index (χ4n) is 2.70. The second kappa shape index (κ2) is 11.5. The van der Waals surface area contributed by atoms with Crippen molar-refractivity contribution in [2.45, 2.75) is 64.2 Å². The Hall–Kier alpha value is -2.04. The molecule has 0 fully saturated rings. The van der Waals surface area contributed by atoms with Crippen LogP contribution in [-0.4, -0.2) is 29.3 Å². The molecule has 0 aromatic heterocycles. The lowest BCUT2D eigenvalue weighted by Gasteiger charge is -2.09. The normalized spacial score (nSPS) is 10.5. The molecule has 0 heterocycles. The van der Waals surface area contributed by atoms with E-state index in [9.17, 15) is 9.59 Å². The summed E-state index contributed by atoms with van der Waals surface area (Å²) in [4.78, 5) is 21.0. The third-order valence-electron chi connectivity index (χ3n) is 3.97. The van der Waals surface area contributed by atoms with Gasteiger partial charge in [-0.25, -0.2) is 0 Å². The molecule has 0 aliphatic carbocycles. The molecular weight excluding hydrogens is 308 g/mol. The van der Waals surface area contributed by atoms with Crippen LogP contribution in [-0.2, 0) is 22.4 Å². The van der Waals surface area contributed by atoms with Gasteiger partial charge in [0.25, 0.3) is 0 Å². The van der Waals surface area contributed by atoms with E-state index in [-0.39, 0.29) is 12.8 Å². The first kappa shape index (κ1) is 20.0. The zero-order valence-corrected chi connectivity index (χ0v) is 14.4. The first-order valence-electron chi connectivity index (χ1n) is 8.61. The number of hydrogen-bond donors (Lipinski definition) is 2. The molecule has 0 aliphatic rings. The Morgan fingerprint density at radius 3 is 1.62 bits per heavy atom.